The molecule has 6 rings (SSSR count). The van der Waals surface area contributed by atoms with Crippen molar-refractivity contribution < 1.29 is 14.4 Å². The average Bonchev–Trinajstić information content (AvgIpc) is 3.04. The highest BCUT2D eigenvalue weighted by Gasteiger charge is 2.38. The third-order valence-electron chi connectivity index (χ3n) is 7.79. The molecule has 0 spiro atoms. The van der Waals surface area contributed by atoms with Crippen LogP contribution in [0.3, 0.4) is 0 Å². The zero-order chi connectivity index (χ0) is 28.2. The van der Waals surface area contributed by atoms with Gasteiger partial charge in [-0.15, -0.1) is 0 Å². The van der Waals surface area contributed by atoms with Gasteiger partial charge in [-0.3, -0.25) is 10.1 Å². The minimum absolute atomic E-state index is 0.0615. The lowest BCUT2D eigenvalue weighted by Gasteiger charge is -2.46. The van der Waals surface area contributed by atoms with Crippen molar-refractivity contribution in [2.75, 3.05) is 64.6 Å². The van der Waals surface area contributed by atoms with Crippen molar-refractivity contribution in [2.24, 2.45) is 4.74 Å². The number of nitro benzene ring substituents is 1. The Kier molecular flexibility index (Phi) is 8.14. The topological polar surface area (TPSA) is 83.7 Å². The van der Waals surface area contributed by atoms with Crippen LogP contribution in [0.15, 0.2) is 95.7 Å². The maximum absolute atomic E-state index is 11.3. The molecule has 0 unspecified atom stereocenters. The Morgan fingerprint density at radius 2 is 1.37 bits per heavy atom. The van der Waals surface area contributed by atoms with Gasteiger partial charge >= 0.3 is 0 Å². The quantitative estimate of drug-likeness (QED) is 0.149. The lowest BCUT2D eigenvalue weighted by atomic mass is 10.1. The number of nitrogens with zero attached hydrogens (tertiary/aromatic N) is 5. The van der Waals surface area contributed by atoms with Gasteiger partial charge < -0.3 is 14.4 Å². The van der Waals surface area contributed by atoms with Crippen molar-refractivity contribution in [2.45, 2.75) is 0 Å². The van der Waals surface area contributed by atoms with Crippen LogP contribution in [0.4, 0.5) is 22.7 Å². The van der Waals surface area contributed by atoms with E-state index in [0.717, 1.165) is 48.5 Å². The van der Waals surface area contributed by atoms with E-state index in [9.17, 15) is 10.1 Å². The molecule has 0 aromatic heterocycles. The molecule has 212 valence electrons. The Labute approximate surface area is 240 Å². The lowest BCUT2D eigenvalue weighted by Crippen LogP contribution is -2.46. The van der Waals surface area contributed by atoms with Crippen LogP contribution >= 0.6 is 7.36 Å². The van der Waals surface area contributed by atoms with Gasteiger partial charge in [-0.2, -0.15) is 0 Å². The summed E-state index contributed by atoms with van der Waals surface area (Å²) in [6.07, 6.45) is 0. The number of rotatable bonds is 7. The van der Waals surface area contributed by atoms with Crippen molar-refractivity contribution in [1.82, 2.24) is 9.34 Å². The van der Waals surface area contributed by atoms with Crippen LogP contribution in [0, 0.1) is 10.1 Å². The van der Waals surface area contributed by atoms with Crippen LogP contribution in [0.1, 0.15) is 0 Å². The Morgan fingerprint density at radius 1 is 0.780 bits per heavy atom. The van der Waals surface area contributed by atoms with Gasteiger partial charge in [0.25, 0.3) is 5.69 Å². The number of fused-ring (bicyclic) bond motifs is 1. The van der Waals surface area contributed by atoms with Crippen molar-refractivity contribution >= 4 is 46.2 Å². The second kappa shape index (κ2) is 12.1. The van der Waals surface area contributed by atoms with Crippen molar-refractivity contribution in [3.8, 4) is 0 Å². The summed E-state index contributed by atoms with van der Waals surface area (Å²) in [7, 11) is -0.376. The van der Waals surface area contributed by atoms with Gasteiger partial charge in [0, 0.05) is 67.4 Å². The number of nitro groups is 1. The minimum atomic E-state index is -2.48. The van der Waals surface area contributed by atoms with Gasteiger partial charge in [0.15, 0.2) is 0 Å². The number of benzene rings is 4. The molecule has 0 saturated carbocycles. The molecular weight excluding hydrogens is 537 g/mol. The maximum Gasteiger partial charge on any atom is 0.269 e. The highest BCUT2D eigenvalue weighted by Crippen LogP contribution is 2.58. The molecule has 0 aliphatic carbocycles. The molecule has 2 aliphatic rings. The Hall–Kier alpha value is -3.59. The monoisotopic (exact) mass is 571 g/mol. The molecule has 10 heteroatoms. The molecule has 0 atom stereocenters. The second-order valence-corrected chi connectivity index (χ2v) is 13.1. The number of morpholine rings is 2. The largest absolute Gasteiger partial charge is 0.379 e. The van der Waals surface area contributed by atoms with E-state index < -0.39 is 7.36 Å². The van der Waals surface area contributed by atoms with Crippen LogP contribution in [-0.4, -0.2) is 73.9 Å². The smallest absolute Gasteiger partial charge is 0.269 e. The predicted octanol–water partition coefficient (Wildman–Crippen LogP) is 6.17. The summed E-state index contributed by atoms with van der Waals surface area (Å²) in [5.74, 6) is 0. The molecule has 4 aromatic rings. The Balaban J connectivity index is 1.46. The summed E-state index contributed by atoms with van der Waals surface area (Å²) >= 11 is 0. The van der Waals surface area contributed by atoms with Crippen LogP contribution in [0.25, 0.3) is 10.8 Å². The number of ether oxygens (including phenoxy) is 2. The molecule has 0 amide bonds. The first kappa shape index (κ1) is 27.6. The second-order valence-electron chi connectivity index (χ2n) is 10.1. The first-order valence-corrected chi connectivity index (χ1v) is 15.6. The molecule has 0 bridgehead atoms. The molecule has 41 heavy (non-hydrogen) atoms. The average molecular weight is 572 g/mol. The fraction of sp³-hybridized carbons (Fsp3) is 0.290. The molecule has 2 saturated heterocycles. The lowest BCUT2D eigenvalue weighted by molar-refractivity contribution is -0.384. The van der Waals surface area contributed by atoms with Crippen LogP contribution < -0.4 is 10.2 Å². The summed E-state index contributed by atoms with van der Waals surface area (Å²) in [6, 6.07) is 30.2. The summed E-state index contributed by atoms with van der Waals surface area (Å²) < 4.78 is 22.0. The first-order chi connectivity index (χ1) is 20.1. The number of anilines is 2. The number of hydrogen-bond donors (Lipinski definition) is 0. The maximum atomic E-state index is 11.3. The van der Waals surface area contributed by atoms with Gasteiger partial charge in [0.2, 0.25) is 0 Å². The van der Waals surface area contributed by atoms with Gasteiger partial charge in [0.1, 0.15) is 7.36 Å². The van der Waals surface area contributed by atoms with E-state index in [2.05, 4.69) is 88.0 Å². The van der Waals surface area contributed by atoms with E-state index in [-0.39, 0.29) is 10.6 Å². The molecule has 2 heterocycles. The highest BCUT2D eigenvalue weighted by atomic mass is 31.2. The van der Waals surface area contributed by atoms with E-state index >= 15 is 0 Å². The van der Waals surface area contributed by atoms with Crippen LogP contribution in [-0.2, 0) is 9.47 Å². The summed E-state index contributed by atoms with van der Waals surface area (Å²) in [6.45, 7) is 5.62. The molecule has 2 aliphatic heterocycles. The van der Waals surface area contributed by atoms with Gasteiger partial charge in [-0.25, -0.2) is 14.1 Å². The normalized spacial score (nSPS) is 16.9. The first-order valence-electron chi connectivity index (χ1n) is 13.9. The standard InChI is InChI=1S/C31H34N5O4P/c1-33(31-8-4-6-25-5-2-3-7-30(25)31)27-13-15-29(16-14-27)41(34-17-21-39-22-18-34,35-19-23-40-24-20-35)32-26-9-11-28(12-10-26)36(37)38/h2-16H,17-24H2,1H3. The van der Waals surface area contributed by atoms with Crippen molar-refractivity contribution in [3.05, 3.63) is 101 Å². The van der Waals surface area contributed by atoms with Crippen molar-refractivity contribution in [1.29, 1.82) is 0 Å². The Bertz CT molecular complexity index is 1540. The summed E-state index contributed by atoms with van der Waals surface area (Å²) in [5.41, 5.74) is 3.03. The SMILES string of the molecule is CN(c1ccc(P(=Nc2ccc([N+](=O)[O-])cc2)(N2CCOCC2)N2CCOCC2)cc1)c1cccc2ccccc12. The highest BCUT2D eigenvalue weighted by molar-refractivity contribution is 7.69. The third kappa shape index (κ3) is 5.52. The van der Waals surface area contributed by atoms with Crippen molar-refractivity contribution in [3.63, 3.8) is 0 Å². The Morgan fingerprint density at radius 3 is 1.98 bits per heavy atom. The molecule has 0 radical (unpaired) electrons. The zero-order valence-electron chi connectivity index (χ0n) is 23.1. The number of non-ortho nitro benzene ring substituents is 1. The van der Waals surface area contributed by atoms with E-state index in [1.807, 2.05) is 0 Å². The summed E-state index contributed by atoms with van der Waals surface area (Å²) in [4.78, 5) is 13.2. The van der Waals surface area contributed by atoms with Gasteiger partial charge in [0.05, 0.1) is 37.0 Å². The van der Waals surface area contributed by atoms with Gasteiger partial charge in [-0.05, 0) is 47.9 Å². The zero-order valence-corrected chi connectivity index (χ0v) is 24.0. The van der Waals surface area contributed by atoms with Crippen LogP contribution in [0.5, 0.6) is 0 Å². The van der Waals surface area contributed by atoms with E-state index in [1.165, 1.54) is 22.9 Å². The molecule has 2 fully saturated rings. The number of hydrogen-bond acceptors (Lipinski definition) is 6. The van der Waals surface area contributed by atoms with Crippen LogP contribution in [0.2, 0.25) is 0 Å². The third-order valence-corrected chi connectivity index (χ3v) is 11.7. The fourth-order valence-electron chi connectivity index (χ4n) is 5.67. The molecule has 0 N–H and O–H groups in total. The molecular formula is C31H34N5O4P. The molecule has 4 aromatic carbocycles. The van der Waals surface area contributed by atoms with E-state index in [0.29, 0.717) is 26.4 Å². The summed E-state index contributed by atoms with van der Waals surface area (Å²) in [5, 5.41) is 14.9. The van der Waals surface area contributed by atoms with E-state index in [4.69, 9.17) is 14.2 Å². The fourth-order valence-corrected chi connectivity index (χ4v) is 9.50. The molecule has 9 nitrogen and oxygen atoms in total. The van der Waals surface area contributed by atoms with Gasteiger partial charge in [-0.1, -0.05) is 36.4 Å². The van der Waals surface area contributed by atoms with E-state index in [1.54, 1.807) is 12.1 Å². The predicted molar refractivity (Wildman–Crippen MR) is 165 cm³/mol. The minimum Gasteiger partial charge on any atom is -0.379 e.